The van der Waals surface area contributed by atoms with E-state index < -0.39 is 5.82 Å². The van der Waals surface area contributed by atoms with E-state index in [4.69, 9.17) is 4.74 Å². The molecule has 1 N–H and O–H groups in total. The van der Waals surface area contributed by atoms with Crippen LogP contribution in [0.5, 0.6) is 5.75 Å². The van der Waals surface area contributed by atoms with Crippen LogP contribution in [-0.4, -0.2) is 17.5 Å². The van der Waals surface area contributed by atoms with Crippen molar-refractivity contribution in [3.8, 4) is 16.3 Å². The average molecular weight is 342 g/mol. The lowest BCUT2D eigenvalue weighted by Crippen LogP contribution is -2.12. The maximum Gasteiger partial charge on any atom is 0.275 e. The molecule has 0 radical (unpaired) electrons. The van der Waals surface area contributed by atoms with Crippen molar-refractivity contribution < 1.29 is 13.9 Å². The summed E-state index contributed by atoms with van der Waals surface area (Å²) in [7, 11) is 0. The monoisotopic (exact) mass is 342 g/mol. The number of carbonyl (C=O) groups excluding carboxylic acids is 1. The fourth-order valence-electron chi connectivity index (χ4n) is 2.13. The minimum Gasteiger partial charge on any atom is -0.494 e. The number of amides is 1. The van der Waals surface area contributed by atoms with Crippen molar-refractivity contribution >= 4 is 22.9 Å². The van der Waals surface area contributed by atoms with Crippen molar-refractivity contribution in [3.05, 3.63) is 65.4 Å². The van der Waals surface area contributed by atoms with Crippen LogP contribution in [0.3, 0.4) is 0 Å². The Bertz CT molecular complexity index is 846. The zero-order chi connectivity index (χ0) is 16.9. The van der Waals surface area contributed by atoms with Crippen molar-refractivity contribution in [2.75, 3.05) is 11.9 Å². The number of ether oxygens (including phenoxy) is 1. The summed E-state index contributed by atoms with van der Waals surface area (Å²) in [5.74, 6) is 0.0251. The van der Waals surface area contributed by atoms with E-state index in [-0.39, 0.29) is 5.91 Å². The van der Waals surface area contributed by atoms with Gasteiger partial charge in [-0.3, -0.25) is 4.79 Å². The van der Waals surface area contributed by atoms with E-state index in [2.05, 4.69) is 10.3 Å². The molecular formula is C18H15FN2O2S. The number of carbonyl (C=O) groups is 1. The lowest BCUT2D eigenvalue weighted by Gasteiger charge is -2.03. The standard InChI is InChI=1S/C18H15FN2O2S/c1-2-23-15-8-6-12(7-9-15)18-21-16(11-24-18)17(22)20-14-5-3-4-13(19)10-14/h3-11H,2H2,1H3,(H,20,22). The van der Waals surface area contributed by atoms with Gasteiger partial charge in [0, 0.05) is 16.6 Å². The molecule has 4 nitrogen and oxygen atoms in total. The number of hydrogen-bond acceptors (Lipinski definition) is 4. The summed E-state index contributed by atoms with van der Waals surface area (Å²) in [6.45, 7) is 2.54. The van der Waals surface area contributed by atoms with Crippen LogP contribution in [0.2, 0.25) is 0 Å². The Balaban J connectivity index is 1.73. The van der Waals surface area contributed by atoms with Gasteiger partial charge in [-0.1, -0.05) is 6.07 Å². The van der Waals surface area contributed by atoms with Crippen LogP contribution in [0.1, 0.15) is 17.4 Å². The van der Waals surface area contributed by atoms with E-state index in [0.717, 1.165) is 16.3 Å². The Labute approximate surface area is 142 Å². The molecule has 0 aliphatic carbocycles. The SMILES string of the molecule is CCOc1ccc(-c2nc(C(=O)Nc3cccc(F)c3)cs2)cc1. The molecule has 1 heterocycles. The van der Waals surface area contributed by atoms with E-state index in [1.807, 2.05) is 31.2 Å². The van der Waals surface area contributed by atoms with Crippen molar-refractivity contribution in [2.24, 2.45) is 0 Å². The summed E-state index contributed by atoms with van der Waals surface area (Å²) in [5.41, 5.74) is 1.61. The molecule has 0 fully saturated rings. The van der Waals surface area contributed by atoms with E-state index in [1.165, 1.54) is 29.5 Å². The highest BCUT2D eigenvalue weighted by Gasteiger charge is 2.12. The summed E-state index contributed by atoms with van der Waals surface area (Å²) in [5, 5.41) is 5.05. The number of thiazole rings is 1. The van der Waals surface area contributed by atoms with Gasteiger partial charge in [0.05, 0.1) is 6.61 Å². The molecule has 0 bridgehead atoms. The minimum absolute atomic E-state index is 0.299. The second-order valence-electron chi connectivity index (χ2n) is 4.96. The first kappa shape index (κ1) is 16.1. The van der Waals surface area contributed by atoms with Crippen LogP contribution in [-0.2, 0) is 0 Å². The second kappa shape index (κ2) is 7.23. The first-order chi connectivity index (χ1) is 11.7. The number of benzene rings is 2. The van der Waals surface area contributed by atoms with Gasteiger partial charge < -0.3 is 10.1 Å². The van der Waals surface area contributed by atoms with Crippen LogP contribution >= 0.6 is 11.3 Å². The van der Waals surface area contributed by atoms with Gasteiger partial charge in [0.1, 0.15) is 22.3 Å². The Morgan fingerprint density at radius 3 is 2.75 bits per heavy atom. The van der Waals surface area contributed by atoms with E-state index in [9.17, 15) is 9.18 Å². The normalized spacial score (nSPS) is 10.4. The van der Waals surface area contributed by atoms with Gasteiger partial charge in [0.25, 0.3) is 5.91 Å². The van der Waals surface area contributed by atoms with Gasteiger partial charge in [-0.25, -0.2) is 9.37 Å². The van der Waals surface area contributed by atoms with Gasteiger partial charge in [-0.05, 0) is 49.4 Å². The van der Waals surface area contributed by atoms with Crippen molar-refractivity contribution in [1.82, 2.24) is 4.98 Å². The lowest BCUT2D eigenvalue weighted by molar-refractivity contribution is 0.102. The quantitative estimate of drug-likeness (QED) is 0.737. The van der Waals surface area contributed by atoms with Gasteiger partial charge in [-0.2, -0.15) is 0 Å². The van der Waals surface area contributed by atoms with Crippen LogP contribution < -0.4 is 10.1 Å². The van der Waals surface area contributed by atoms with Crippen molar-refractivity contribution in [3.63, 3.8) is 0 Å². The Morgan fingerprint density at radius 2 is 2.04 bits per heavy atom. The lowest BCUT2D eigenvalue weighted by atomic mass is 10.2. The summed E-state index contributed by atoms with van der Waals surface area (Å²) in [6.07, 6.45) is 0. The van der Waals surface area contributed by atoms with Gasteiger partial charge >= 0.3 is 0 Å². The molecule has 6 heteroatoms. The molecule has 1 aromatic heterocycles. The second-order valence-corrected chi connectivity index (χ2v) is 5.82. The van der Waals surface area contributed by atoms with Gasteiger partial charge in [0.2, 0.25) is 0 Å². The number of halogens is 1. The maximum absolute atomic E-state index is 13.2. The molecule has 0 atom stereocenters. The Morgan fingerprint density at radius 1 is 1.25 bits per heavy atom. The molecular weight excluding hydrogens is 327 g/mol. The number of anilines is 1. The zero-order valence-corrected chi connectivity index (χ0v) is 13.8. The highest BCUT2D eigenvalue weighted by molar-refractivity contribution is 7.13. The largest absolute Gasteiger partial charge is 0.494 e. The summed E-state index contributed by atoms with van der Waals surface area (Å²) < 4.78 is 18.6. The molecule has 0 unspecified atom stereocenters. The van der Waals surface area contributed by atoms with Gasteiger partial charge in [-0.15, -0.1) is 11.3 Å². The molecule has 3 aromatic rings. The smallest absolute Gasteiger partial charge is 0.275 e. The third kappa shape index (κ3) is 3.78. The molecule has 0 aliphatic rings. The molecule has 0 saturated heterocycles. The van der Waals surface area contributed by atoms with E-state index in [1.54, 1.807) is 11.4 Å². The predicted molar refractivity (Wildman–Crippen MR) is 93.1 cm³/mol. The third-order valence-electron chi connectivity index (χ3n) is 3.23. The molecule has 0 aliphatic heterocycles. The van der Waals surface area contributed by atoms with E-state index in [0.29, 0.717) is 18.0 Å². The summed E-state index contributed by atoms with van der Waals surface area (Å²) in [6, 6.07) is 13.3. The molecule has 24 heavy (non-hydrogen) atoms. The van der Waals surface area contributed by atoms with Gasteiger partial charge in [0.15, 0.2) is 0 Å². The first-order valence-corrected chi connectivity index (χ1v) is 8.29. The molecule has 3 rings (SSSR count). The fraction of sp³-hybridized carbons (Fsp3) is 0.111. The summed E-state index contributed by atoms with van der Waals surface area (Å²) >= 11 is 1.38. The Kier molecular flexibility index (Phi) is 4.86. The van der Waals surface area contributed by atoms with Crippen LogP contribution in [0.15, 0.2) is 53.9 Å². The number of aromatic nitrogens is 1. The third-order valence-corrected chi connectivity index (χ3v) is 4.12. The molecule has 0 saturated carbocycles. The molecule has 1 amide bonds. The highest BCUT2D eigenvalue weighted by atomic mass is 32.1. The van der Waals surface area contributed by atoms with Crippen LogP contribution in [0, 0.1) is 5.82 Å². The zero-order valence-electron chi connectivity index (χ0n) is 13.0. The van der Waals surface area contributed by atoms with Crippen molar-refractivity contribution in [2.45, 2.75) is 6.92 Å². The minimum atomic E-state index is -0.402. The highest BCUT2D eigenvalue weighted by Crippen LogP contribution is 2.26. The number of hydrogen-bond donors (Lipinski definition) is 1. The average Bonchev–Trinajstić information content (AvgIpc) is 3.06. The number of rotatable bonds is 5. The fourth-order valence-corrected chi connectivity index (χ4v) is 2.94. The topological polar surface area (TPSA) is 51.2 Å². The molecule has 2 aromatic carbocycles. The first-order valence-electron chi connectivity index (χ1n) is 7.41. The number of nitrogens with one attached hydrogen (secondary N) is 1. The Hall–Kier alpha value is -2.73. The van der Waals surface area contributed by atoms with Crippen LogP contribution in [0.25, 0.3) is 10.6 Å². The molecule has 0 spiro atoms. The summed E-state index contributed by atoms with van der Waals surface area (Å²) in [4.78, 5) is 16.5. The predicted octanol–water partition coefficient (Wildman–Crippen LogP) is 4.60. The van der Waals surface area contributed by atoms with Crippen LogP contribution in [0.4, 0.5) is 10.1 Å². The number of nitrogens with zero attached hydrogens (tertiary/aromatic N) is 1. The van der Waals surface area contributed by atoms with E-state index >= 15 is 0 Å². The molecule has 122 valence electrons. The van der Waals surface area contributed by atoms with Crippen molar-refractivity contribution in [1.29, 1.82) is 0 Å². The maximum atomic E-state index is 13.2.